The number of thiophene rings is 1. The van der Waals surface area contributed by atoms with Crippen LogP contribution >= 0.6 is 57.5 Å². The summed E-state index contributed by atoms with van der Waals surface area (Å²) in [6.07, 6.45) is -0.828. The first-order valence-electron chi connectivity index (χ1n) is 27.6. The number of carbonyl (C=O) groups excluding carboxylic acids is 3. The summed E-state index contributed by atoms with van der Waals surface area (Å²) in [4.78, 5) is 73.6. The maximum atomic E-state index is 15.7. The van der Waals surface area contributed by atoms with Crippen LogP contribution in [0, 0.1) is 0 Å². The van der Waals surface area contributed by atoms with E-state index in [1.165, 1.54) is 62.4 Å². The molecule has 2 atom stereocenters. The van der Waals surface area contributed by atoms with Crippen LogP contribution in [0.4, 0.5) is 5.13 Å². The Morgan fingerprint density at radius 2 is 1.09 bits per heavy atom. The van der Waals surface area contributed by atoms with Crippen LogP contribution in [-0.2, 0) is 35.1 Å². The Morgan fingerprint density at radius 3 is 1.59 bits per heavy atom. The number of carbonyl (C=O) groups is 3. The number of nitrogens with one attached hydrogen (secondary N) is 2. The first-order valence-corrected chi connectivity index (χ1v) is 32.0. The lowest BCUT2D eigenvalue weighted by atomic mass is 9.77. The van der Waals surface area contributed by atoms with Crippen molar-refractivity contribution in [1.29, 1.82) is 0 Å². The van der Waals surface area contributed by atoms with E-state index in [2.05, 4.69) is 47.0 Å². The van der Waals surface area contributed by atoms with E-state index in [1.54, 1.807) is 11.4 Å². The number of ether oxygens (including phenoxy) is 1. The normalized spacial score (nSPS) is 15.2. The highest BCUT2D eigenvalue weighted by molar-refractivity contribution is 8.07. The summed E-state index contributed by atoms with van der Waals surface area (Å²) in [7, 11) is 0. The van der Waals surface area contributed by atoms with Crippen molar-refractivity contribution in [3.8, 4) is 0 Å². The fraction of sp³-hybridized carbons (Fsp3) is 0.0857. The van der Waals surface area contributed by atoms with Gasteiger partial charge in [0.1, 0.15) is 28.3 Å². The summed E-state index contributed by atoms with van der Waals surface area (Å²) in [5.74, 6) is -1.75. The number of β-lactam (4-membered cyclic amide) rings is 1. The number of rotatable bonds is 19. The Balaban J connectivity index is 0.898. The predicted octanol–water partition coefficient (Wildman–Crippen LogP) is 14.6. The minimum absolute atomic E-state index is 0.0423. The highest BCUT2D eigenvalue weighted by atomic mass is 32.2. The van der Waals surface area contributed by atoms with Crippen LogP contribution < -0.4 is 16.1 Å². The third-order valence-electron chi connectivity index (χ3n) is 15.1. The number of fused-ring (bicyclic) bond motifs is 2. The van der Waals surface area contributed by atoms with Crippen molar-refractivity contribution in [2.75, 3.05) is 11.1 Å². The van der Waals surface area contributed by atoms with Crippen LogP contribution in [0.25, 0.3) is 9.40 Å². The number of nitrogens with zero attached hydrogens (tertiary/aromatic N) is 3. The highest BCUT2D eigenvalue weighted by Gasteiger charge is 2.55. The molecule has 1 fully saturated rings. The Hall–Kier alpha value is -9.16. The van der Waals surface area contributed by atoms with Crippen LogP contribution in [-0.4, -0.2) is 50.5 Å². The third kappa shape index (κ3) is 10.9. The Kier molecular flexibility index (Phi) is 16.2. The highest BCUT2D eigenvalue weighted by Crippen LogP contribution is 2.48. The molecule has 16 heteroatoms. The standard InChI is InChI=1S/C70H51N5O6S5/c76-55-43-58(85-56-41-42-82-63(55)56)86-57-45-83-66-60(65(78)75(66)61(57)67(79)80-62(46-25-9-1-10-26-46)47-27-11-2-12-28-47)72-64(77)59(74-81-70(51-35-19-6-20-36-51,52-37-21-7-22-38-52)53-39-23-8-24-40-53)54-44-84-68(71-54)73-69(48-29-13-3-14-30-48,49-31-15-4-16-32-49)50-33-17-5-18-34-50/h1-44,60,62,66H,45H2,(H,71,73)(H,72,77)/t60?,66-/m0/s1. The quantitative estimate of drug-likeness (QED) is 0.0264. The number of thioether (sulfide) groups is 2. The monoisotopic (exact) mass is 1220 g/mol. The van der Waals surface area contributed by atoms with Crippen molar-refractivity contribution >= 4 is 95.6 Å². The summed E-state index contributed by atoms with van der Waals surface area (Å²) in [6, 6.07) is 80.8. The average molecular weight is 1220 g/mol. The molecular weight excluding hydrogens is 1170 g/mol. The van der Waals surface area contributed by atoms with Gasteiger partial charge in [0, 0.05) is 38.8 Å². The summed E-state index contributed by atoms with van der Waals surface area (Å²) in [6.45, 7) is 0. The predicted molar refractivity (Wildman–Crippen MR) is 346 cm³/mol. The molecule has 3 aromatic heterocycles. The van der Waals surface area contributed by atoms with Gasteiger partial charge in [-0.05, 0) is 39.3 Å². The van der Waals surface area contributed by atoms with Gasteiger partial charge in [-0.2, -0.15) is 0 Å². The van der Waals surface area contributed by atoms with Gasteiger partial charge in [0.2, 0.25) is 5.60 Å². The fourth-order valence-electron chi connectivity index (χ4n) is 11.0. The lowest BCUT2D eigenvalue weighted by molar-refractivity contribution is -0.154. The van der Waals surface area contributed by atoms with Crippen LogP contribution in [0.1, 0.15) is 56.3 Å². The Morgan fingerprint density at radius 1 is 0.616 bits per heavy atom. The second-order valence-electron chi connectivity index (χ2n) is 20.2. The number of oxime groups is 1. The summed E-state index contributed by atoms with van der Waals surface area (Å²) in [5, 5.41) is 15.2. The smallest absolute Gasteiger partial charge is 0.356 e. The van der Waals surface area contributed by atoms with Crippen molar-refractivity contribution in [3.05, 3.63) is 337 Å². The molecule has 0 bridgehead atoms. The lowest BCUT2D eigenvalue weighted by Crippen LogP contribution is -2.71. The van der Waals surface area contributed by atoms with Gasteiger partial charge in [0.25, 0.3) is 11.8 Å². The minimum Gasteiger partial charge on any atom is -0.448 e. The van der Waals surface area contributed by atoms with Crippen molar-refractivity contribution in [3.63, 3.8) is 0 Å². The van der Waals surface area contributed by atoms with Gasteiger partial charge in [0.05, 0.1) is 13.6 Å². The fourth-order valence-corrected chi connectivity index (χ4v) is 16.6. The molecule has 0 spiro atoms. The second-order valence-corrected chi connectivity index (χ2v) is 25.6. The summed E-state index contributed by atoms with van der Waals surface area (Å²) >= 11 is 6.78. The van der Waals surface area contributed by atoms with Crippen LogP contribution in [0.5, 0.6) is 0 Å². The number of amides is 2. The van der Waals surface area contributed by atoms with Gasteiger partial charge >= 0.3 is 5.97 Å². The van der Waals surface area contributed by atoms with Crippen LogP contribution in [0.15, 0.2) is 290 Å². The van der Waals surface area contributed by atoms with Gasteiger partial charge in [-0.1, -0.05) is 260 Å². The SMILES string of the molecule is O=C(NC1C(=O)N2C(C(=O)OC(c3ccccc3)c3ccccc3)=C(Sc3cc(=O)c4sccc4s3)CS[C@@H]12)C(=NOC(c1ccccc1)(c1ccccc1)c1ccccc1)c1csc(NC(c2ccccc2)(c2ccccc2)c2ccccc2)n1. The molecule has 2 aliphatic rings. The average Bonchev–Trinajstić information content (AvgIpc) is 0.872. The van der Waals surface area contributed by atoms with E-state index in [-0.39, 0.29) is 28.3 Å². The number of hydrogen-bond acceptors (Lipinski definition) is 14. The number of esters is 1. The number of anilines is 1. The molecular formula is C70H51N5O6S5. The number of benzene rings is 8. The van der Waals surface area contributed by atoms with E-state index in [0.717, 1.165) is 49.2 Å². The maximum absolute atomic E-state index is 15.7. The van der Waals surface area contributed by atoms with Crippen molar-refractivity contribution < 1.29 is 24.0 Å². The molecule has 8 aromatic carbocycles. The Labute approximate surface area is 516 Å². The Bertz CT molecular complexity index is 4090. The largest absolute Gasteiger partial charge is 0.448 e. The molecule has 11 aromatic rings. The van der Waals surface area contributed by atoms with E-state index in [0.29, 0.717) is 18.9 Å². The van der Waals surface area contributed by atoms with Crippen LogP contribution in [0.2, 0.25) is 0 Å². The molecule has 0 radical (unpaired) electrons. The third-order valence-corrected chi connectivity index (χ3v) is 20.6. The molecule has 11 nitrogen and oxygen atoms in total. The van der Waals surface area contributed by atoms with Crippen molar-refractivity contribution in [2.24, 2.45) is 5.16 Å². The number of aromatic nitrogens is 1. The second kappa shape index (κ2) is 24.8. The summed E-state index contributed by atoms with van der Waals surface area (Å²) in [5.41, 5.74) is 4.10. The van der Waals surface area contributed by atoms with Crippen LogP contribution in [0.3, 0.4) is 0 Å². The van der Waals surface area contributed by atoms with E-state index in [9.17, 15) is 4.79 Å². The molecule has 2 aliphatic heterocycles. The van der Waals surface area contributed by atoms with E-state index < -0.39 is 46.4 Å². The van der Waals surface area contributed by atoms with E-state index in [4.69, 9.17) is 19.7 Å². The molecule has 5 heterocycles. The van der Waals surface area contributed by atoms with Crippen molar-refractivity contribution in [1.82, 2.24) is 15.2 Å². The molecule has 0 saturated carbocycles. The molecule has 86 heavy (non-hydrogen) atoms. The van der Waals surface area contributed by atoms with Gasteiger partial charge in [-0.25, -0.2) is 9.78 Å². The van der Waals surface area contributed by atoms with Gasteiger partial charge in [0.15, 0.2) is 22.4 Å². The molecule has 422 valence electrons. The molecule has 2 N–H and O–H groups in total. The zero-order valence-corrected chi connectivity index (χ0v) is 49.8. The number of thiazole rings is 1. The first-order chi connectivity index (χ1) is 42.3. The lowest BCUT2D eigenvalue weighted by Gasteiger charge is -2.49. The maximum Gasteiger partial charge on any atom is 0.356 e. The topological polar surface area (TPSA) is 139 Å². The minimum atomic E-state index is -1.40. The summed E-state index contributed by atoms with van der Waals surface area (Å²) < 4.78 is 8.65. The molecule has 13 rings (SSSR count). The molecule has 1 saturated heterocycles. The number of hydrogen-bond donors (Lipinski definition) is 2. The van der Waals surface area contributed by atoms with Gasteiger partial charge in [-0.15, -0.1) is 45.8 Å². The molecule has 1 unspecified atom stereocenters. The van der Waals surface area contributed by atoms with E-state index in [1.807, 2.05) is 218 Å². The zero-order valence-electron chi connectivity index (χ0n) is 45.7. The first kappa shape index (κ1) is 56.0. The van der Waals surface area contributed by atoms with Gasteiger partial charge < -0.3 is 20.2 Å². The van der Waals surface area contributed by atoms with E-state index >= 15 is 14.4 Å². The van der Waals surface area contributed by atoms with Gasteiger partial charge in [-0.3, -0.25) is 19.3 Å². The molecule has 2 amide bonds. The van der Waals surface area contributed by atoms with Crippen molar-refractivity contribution in [2.45, 2.75) is 32.9 Å². The molecule has 0 aliphatic carbocycles. The zero-order chi connectivity index (χ0) is 58.5.